The van der Waals surface area contributed by atoms with E-state index in [0.717, 1.165) is 12.8 Å². The van der Waals surface area contributed by atoms with Crippen molar-refractivity contribution in [1.29, 1.82) is 0 Å². The van der Waals surface area contributed by atoms with Gasteiger partial charge in [0.2, 0.25) is 0 Å². The minimum Gasteiger partial charge on any atom is -0.465 e. The van der Waals surface area contributed by atoms with Gasteiger partial charge in [0.25, 0.3) is 0 Å². The van der Waals surface area contributed by atoms with E-state index in [1.54, 1.807) is 11.3 Å². The van der Waals surface area contributed by atoms with Crippen molar-refractivity contribution in [2.75, 3.05) is 6.61 Å². The van der Waals surface area contributed by atoms with E-state index < -0.39 is 0 Å². The van der Waals surface area contributed by atoms with Crippen LogP contribution in [0.5, 0.6) is 0 Å². The van der Waals surface area contributed by atoms with E-state index in [1.165, 1.54) is 4.88 Å². The summed E-state index contributed by atoms with van der Waals surface area (Å²) in [6.45, 7) is 4.39. The van der Waals surface area contributed by atoms with Gasteiger partial charge in [-0.15, -0.1) is 11.3 Å². The number of rotatable bonds is 5. The molecular weight excluding hydrogens is 196 g/mol. The Bertz CT molecular complexity index is 267. The molecular formula is C11H16O2S. The van der Waals surface area contributed by atoms with Crippen molar-refractivity contribution in [3.63, 3.8) is 0 Å². The van der Waals surface area contributed by atoms with Crippen LogP contribution in [0.25, 0.3) is 0 Å². The normalized spacial score (nSPS) is 12.4. The first kappa shape index (κ1) is 11.2. The van der Waals surface area contributed by atoms with Gasteiger partial charge in [0, 0.05) is 11.3 Å². The van der Waals surface area contributed by atoms with Crippen LogP contribution < -0.4 is 0 Å². The first-order chi connectivity index (χ1) is 6.74. The zero-order valence-corrected chi connectivity index (χ0v) is 9.47. The van der Waals surface area contributed by atoms with Crippen molar-refractivity contribution >= 4 is 17.3 Å². The molecule has 0 aliphatic rings. The number of carbonyl (C=O) groups is 1. The Balaban J connectivity index is 2.18. The average molecular weight is 212 g/mol. The maximum absolute atomic E-state index is 11.3. The number of thiophene rings is 1. The molecule has 14 heavy (non-hydrogen) atoms. The molecule has 0 aromatic carbocycles. The number of esters is 1. The second-order valence-corrected chi connectivity index (χ2v) is 4.34. The third-order valence-corrected chi connectivity index (χ3v) is 3.12. The van der Waals surface area contributed by atoms with Crippen LogP contribution in [0, 0.1) is 5.92 Å². The molecule has 1 heterocycles. The van der Waals surface area contributed by atoms with Gasteiger partial charge in [-0.3, -0.25) is 4.79 Å². The van der Waals surface area contributed by atoms with Crippen molar-refractivity contribution in [3.05, 3.63) is 22.4 Å². The molecule has 1 aromatic rings. The molecule has 0 N–H and O–H groups in total. The monoisotopic (exact) mass is 212 g/mol. The molecule has 2 nitrogen and oxygen atoms in total. The summed E-state index contributed by atoms with van der Waals surface area (Å²) in [6, 6.07) is 4.07. The van der Waals surface area contributed by atoms with E-state index in [2.05, 4.69) is 6.07 Å². The summed E-state index contributed by atoms with van der Waals surface area (Å²) in [5, 5.41) is 2.03. The van der Waals surface area contributed by atoms with Crippen LogP contribution in [0.1, 0.15) is 25.1 Å². The quantitative estimate of drug-likeness (QED) is 0.701. The maximum Gasteiger partial charge on any atom is 0.308 e. The Kier molecular flexibility index (Phi) is 4.66. The summed E-state index contributed by atoms with van der Waals surface area (Å²) in [6.07, 6.45) is 1.68. The lowest BCUT2D eigenvalue weighted by molar-refractivity contribution is -0.147. The van der Waals surface area contributed by atoms with E-state index in [1.807, 2.05) is 25.3 Å². The Labute approximate surface area is 88.9 Å². The summed E-state index contributed by atoms with van der Waals surface area (Å²) >= 11 is 1.70. The third-order valence-electron chi connectivity index (χ3n) is 2.19. The SMILES string of the molecule is CCC(C)C(=O)OCCc1cccs1. The highest BCUT2D eigenvalue weighted by Gasteiger charge is 2.11. The van der Waals surface area contributed by atoms with Crippen LogP contribution in [0.3, 0.4) is 0 Å². The first-order valence-corrected chi connectivity index (χ1v) is 5.81. The van der Waals surface area contributed by atoms with Crippen LogP contribution in [-0.2, 0) is 16.0 Å². The Morgan fingerprint density at radius 1 is 1.64 bits per heavy atom. The molecule has 1 rings (SSSR count). The van der Waals surface area contributed by atoms with Crippen molar-refractivity contribution < 1.29 is 9.53 Å². The van der Waals surface area contributed by atoms with E-state index in [0.29, 0.717) is 6.61 Å². The van der Waals surface area contributed by atoms with Crippen molar-refractivity contribution in [3.8, 4) is 0 Å². The van der Waals surface area contributed by atoms with E-state index in [4.69, 9.17) is 4.74 Å². The second-order valence-electron chi connectivity index (χ2n) is 3.31. The van der Waals surface area contributed by atoms with Crippen LogP contribution in [-0.4, -0.2) is 12.6 Å². The van der Waals surface area contributed by atoms with Gasteiger partial charge < -0.3 is 4.74 Å². The van der Waals surface area contributed by atoms with Gasteiger partial charge in [-0.05, 0) is 17.9 Å². The highest BCUT2D eigenvalue weighted by molar-refractivity contribution is 7.09. The number of hydrogen-bond acceptors (Lipinski definition) is 3. The summed E-state index contributed by atoms with van der Waals surface area (Å²) in [5.74, 6) is -0.0533. The highest BCUT2D eigenvalue weighted by atomic mass is 32.1. The highest BCUT2D eigenvalue weighted by Crippen LogP contribution is 2.10. The van der Waals surface area contributed by atoms with Gasteiger partial charge >= 0.3 is 5.97 Å². The molecule has 0 saturated heterocycles. The molecule has 0 aliphatic heterocycles. The molecule has 0 saturated carbocycles. The molecule has 0 radical (unpaired) electrons. The van der Waals surface area contributed by atoms with Crippen molar-refractivity contribution in [2.45, 2.75) is 26.7 Å². The van der Waals surface area contributed by atoms with Crippen LogP contribution >= 0.6 is 11.3 Å². The fourth-order valence-electron chi connectivity index (χ4n) is 1.02. The molecule has 0 aliphatic carbocycles. The molecule has 78 valence electrons. The van der Waals surface area contributed by atoms with Gasteiger partial charge in [0.1, 0.15) is 0 Å². The first-order valence-electron chi connectivity index (χ1n) is 4.93. The minimum absolute atomic E-state index is 0.0262. The second kappa shape index (κ2) is 5.81. The Morgan fingerprint density at radius 3 is 3.00 bits per heavy atom. The van der Waals surface area contributed by atoms with E-state index >= 15 is 0 Å². The lowest BCUT2D eigenvalue weighted by atomic mass is 10.1. The minimum atomic E-state index is -0.0796. The van der Waals surface area contributed by atoms with Crippen LogP contribution in [0.15, 0.2) is 17.5 Å². The molecule has 0 bridgehead atoms. The number of hydrogen-bond donors (Lipinski definition) is 0. The van der Waals surface area contributed by atoms with E-state index in [9.17, 15) is 4.79 Å². The third kappa shape index (κ3) is 3.50. The maximum atomic E-state index is 11.3. The predicted molar refractivity (Wildman–Crippen MR) is 58.4 cm³/mol. The average Bonchev–Trinajstić information content (AvgIpc) is 2.69. The lowest BCUT2D eigenvalue weighted by Gasteiger charge is -2.08. The topological polar surface area (TPSA) is 26.3 Å². The summed E-state index contributed by atoms with van der Waals surface area (Å²) < 4.78 is 5.14. The molecule has 0 fully saturated rings. The molecule has 3 heteroatoms. The summed E-state index contributed by atoms with van der Waals surface area (Å²) in [7, 11) is 0. The Hall–Kier alpha value is -0.830. The standard InChI is InChI=1S/C11H16O2S/c1-3-9(2)11(12)13-7-6-10-5-4-8-14-10/h4-5,8-9H,3,6-7H2,1-2H3. The predicted octanol–water partition coefficient (Wildman–Crippen LogP) is 2.88. The van der Waals surface area contributed by atoms with Crippen LogP contribution in [0.2, 0.25) is 0 Å². The van der Waals surface area contributed by atoms with Crippen molar-refractivity contribution in [1.82, 2.24) is 0 Å². The number of carbonyl (C=O) groups excluding carboxylic acids is 1. The van der Waals surface area contributed by atoms with Gasteiger partial charge in [-0.25, -0.2) is 0 Å². The smallest absolute Gasteiger partial charge is 0.308 e. The summed E-state index contributed by atoms with van der Waals surface area (Å²) in [5.41, 5.74) is 0. The molecule has 0 spiro atoms. The molecule has 0 amide bonds. The van der Waals surface area contributed by atoms with Gasteiger partial charge in [-0.2, -0.15) is 0 Å². The molecule has 1 aromatic heterocycles. The fraction of sp³-hybridized carbons (Fsp3) is 0.545. The number of ether oxygens (including phenoxy) is 1. The zero-order valence-electron chi connectivity index (χ0n) is 8.66. The van der Waals surface area contributed by atoms with E-state index in [-0.39, 0.29) is 11.9 Å². The zero-order chi connectivity index (χ0) is 10.4. The fourth-order valence-corrected chi connectivity index (χ4v) is 1.71. The molecule has 1 atom stereocenters. The van der Waals surface area contributed by atoms with Gasteiger partial charge in [0.15, 0.2) is 0 Å². The van der Waals surface area contributed by atoms with Gasteiger partial charge in [0.05, 0.1) is 12.5 Å². The lowest BCUT2D eigenvalue weighted by Crippen LogP contribution is -2.15. The summed E-state index contributed by atoms with van der Waals surface area (Å²) in [4.78, 5) is 12.5. The largest absolute Gasteiger partial charge is 0.465 e. The molecule has 1 unspecified atom stereocenters. The van der Waals surface area contributed by atoms with Gasteiger partial charge in [-0.1, -0.05) is 19.9 Å². The Morgan fingerprint density at radius 2 is 2.43 bits per heavy atom. The van der Waals surface area contributed by atoms with Crippen LogP contribution in [0.4, 0.5) is 0 Å². The van der Waals surface area contributed by atoms with Crippen molar-refractivity contribution in [2.24, 2.45) is 5.92 Å².